The van der Waals surface area contributed by atoms with Gasteiger partial charge < -0.3 is 15.7 Å². The fraction of sp³-hybridized carbons (Fsp3) is 0.364. The molecule has 1 amide bonds. The fourth-order valence-electron chi connectivity index (χ4n) is 1.90. The maximum absolute atomic E-state index is 11.6. The van der Waals surface area contributed by atoms with E-state index in [0.29, 0.717) is 12.2 Å². The van der Waals surface area contributed by atoms with E-state index in [1.807, 2.05) is 19.1 Å². The predicted molar refractivity (Wildman–Crippen MR) is 58.6 cm³/mol. The van der Waals surface area contributed by atoms with Crippen molar-refractivity contribution in [2.45, 2.75) is 19.4 Å². The van der Waals surface area contributed by atoms with E-state index in [1.54, 1.807) is 11.0 Å². The molecule has 15 heavy (non-hydrogen) atoms. The van der Waals surface area contributed by atoms with Gasteiger partial charge in [0.2, 0.25) is 5.91 Å². The van der Waals surface area contributed by atoms with Crippen molar-refractivity contribution in [1.82, 2.24) is 0 Å². The monoisotopic (exact) mass is 206 g/mol. The molecule has 1 heterocycles. The van der Waals surface area contributed by atoms with Crippen molar-refractivity contribution in [3.63, 3.8) is 0 Å². The van der Waals surface area contributed by atoms with Gasteiger partial charge in [-0.25, -0.2) is 0 Å². The second-order valence-corrected chi connectivity index (χ2v) is 3.91. The molecule has 0 saturated carbocycles. The molecule has 0 aliphatic carbocycles. The number of aliphatic hydroxyl groups is 1. The number of aliphatic hydroxyl groups excluding tert-OH is 1. The zero-order valence-electron chi connectivity index (χ0n) is 8.60. The number of carbonyl (C=O) groups is 1. The first kappa shape index (κ1) is 9.98. The summed E-state index contributed by atoms with van der Waals surface area (Å²) in [5.41, 5.74) is 8.11. The summed E-state index contributed by atoms with van der Waals surface area (Å²) in [6, 6.07) is 5.41. The molecule has 0 radical (unpaired) electrons. The van der Waals surface area contributed by atoms with Gasteiger partial charge in [-0.05, 0) is 30.7 Å². The van der Waals surface area contributed by atoms with E-state index in [-0.39, 0.29) is 12.3 Å². The topological polar surface area (TPSA) is 66.6 Å². The molecule has 1 aromatic rings. The summed E-state index contributed by atoms with van der Waals surface area (Å²) < 4.78 is 0. The van der Waals surface area contributed by atoms with Gasteiger partial charge in [0, 0.05) is 11.4 Å². The summed E-state index contributed by atoms with van der Waals surface area (Å²) in [4.78, 5) is 13.2. The van der Waals surface area contributed by atoms with E-state index < -0.39 is 6.10 Å². The molecule has 1 aliphatic rings. The van der Waals surface area contributed by atoms with Crippen LogP contribution in [0.3, 0.4) is 0 Å². The molecule has 4 nitrogen and oxygen atoms in total. The van der Waals surface area contributed by atoms with Gasteiger partial charge in [-0.3, -0.25) is 4.79 Å². The minimum absolute atomic E-state index is 0.0321. The number of nitrogens with zero attached hydrogens (tertiary/aromatic N) is 1. The minimum Gasteiger partial charge on any atom is -0.399 e. The molecule has 0 spiro atoms. The SMILES string of the molecule is Cc1cc(N)ccc1N1CC(O)CC1=O. The average molecular weight is 206 g/mol. The maximum atomic E-state index is 11.6. The highest BCUT2D eigenvalue weighted by Crippen LogP contribution is 2.26. The average Bonchev–Trinajstić information content (AvgIpc) is 2.45. The quantitative estimate of drug-likeness (QED) is 0.664. The van der Waals surface area contributed by atoms with E-state index in [0.717, 1.165) is 11.3 Å². The van der Waals surface area contributed by atoms with Crippen molar-refractivity contribution in [2.75, 3.05) is 17.2 Å². The number of amides is 1. The van der Waals surface area contributed by atoms with Crippen molar-refractivity contribution < 1.29 is 9.90 Å². The van der Waals surface area contributed by atoms with Gasteiger partial charge in [-0.2, -0.15) is 0 Å². The van der Waals surface area contributed by atoms with E-state index in [4.69, 9.17) is 5.73 Å². The summed E-state index contributed by atoms with van der Waals surface area (Å²) in [6.45, 7) is 2.28. The van der Waals surface area contributed by atoms with E-state index >= 15 is 0 Å². The number of carbonyl (C=O) groups excluding carboxylic acids is 1. The largest absolute Gasteiger partial charge is 0.399 e. The molecule has 0 bridgehead atoms. The van der Waals surface area contributed by atoms with Crippen molar-refractivity contribution in [3.05, 3.63) is 23.8 Å². The highest BCUT2D eigenvalue weighted by molar-refractivity contribution is 5.96. The Morgan fingerprint density at radius 2 is 2.27 bits per heavy atom. The number of nitrogen functional groups attached to an aromatic ring is 1. The minimum atomic E-state index is -0.547. The highest BCUT2D eigenvalue weighted by Gasteiger charge is 2.29. The lowest BCUT2D eigenvalue weighted by Crippen LogP contribution is -2.25. The van der Waals surface area contributed by atoms with E-state index in [9.17, 15) is 9.90 Å². The van der Waals surface area contributed by atoms with Gasteiger partial charge in [0.25, 0.3) is 0 Å². The van der Waals surface area contributed by atoms with Crippen LogP contribution in [-0.2, 0) is 4.79 Å². The number of benzene rings is 1. The standard InChI is InChI=1S/C11H14N2O2/c1-7-4-8(12)2-3-10(7)13-6-9(14)5-11(13)15/h2-4,9,14H,5-6,12H2,1H3. The number of β-amino-alcohol motifs (C(OH)–C–C–N with tert-alkyl or cyclic N) is 1. The number of rotatable bonds is 1. The zero-order chi connectivity index (χ0) is 11.0. The van der Waals surface area contributed by atoms with Crippen molar-refractivity contribution in [2.24, 2.45) is 0 Å². The molecule has 1 aromatic carbocycles. The lowest BCUT2D eigenvalue weighted by atomic mass is 10.1. The van der Waals surface area contributed by atoms with Crippen LogP contribution in [0.1, 0.15) is 12.0 Å². The first-order chi connectivity index (χ1) is 7.08. The summed E-state index contributed by atoms with van der Waals surface area (Å²) >= 11 is 0. The molecule has 3 N–H and O–H groups in total. The Labute approximate surface area is 88.3 Å². The smallest absolute Gasteiger partial charge is 0.229 e. The van der Waals surface area contributed by atoms with Crippen LogP contribution in [0.5, 0.6) is 0 Å². The number of hydrogen-bond donors (Lipinski definition) is 2. The maximum Gasteiger partial charge on any atom is 0.229 e. The molecule has 0 aromatic heterocycles. The molecule has 80 valence electrons. The van der Waals surface area contributed by atoms with Gasteiger partial charge >= 0.3 is 0 Å². The predicted octanol–water partition coefficient (Wildman–Crippen LogP) is 0.675. The van der Waals surface area contributed by atoms with Crippen LogP contribution >= 0.6 is 0 Å². The molecular weight excluding hydrogens is 192 g/mol. The van der Waals surface area contributed by atoms with Gasteiger partial charge in [0.1, 0.15) is 0 Å². The van der Waals surface area contributed by atoms with Gasteiger partial charge in [-0.1, -0.05) is 0 Å². The molecule has 2 rings (SSSR count). The normalized spacial score (nSPS) is 21.1. The van der Waals surface area contributed by atoms with Crippen LogP contribution < -0.4 is 10.6 Å². The van der Waals surface area contributed by atoms with Crippen molar-refractivity contribution in [3.8, 4) is 0 Å². The lowest BCUT2D eigenvalue weighted by Gasteiger charge is -2.18. The Hall–Kier alpha value is -1.55. The van der Waals surface area contributed by atoms with Crippen molar-refractivity contribution >= 4 is 17.3 Å². The van der Waals surface area contributed by atoms with E-state index in [2.05, 4.69) is 0 Å². The second-order valence-electron chi connectivity index (χ2n) is 3.91. The third-order valence-electron chi connectivity index (χ3n) is 2.62. The molecule has 1 aliphatic heterocycles. The van der Waals surface area contributed by atoms with Gasteiger partial charge in [-0.15, -0.1) is 0 Å². The van der Waals surface area contributed by atoms with Crippen LogP contribution in [0, 0.1) is 6.92 Å². The van der Waals surface area contributed by atoms with Crippen molar-refractivity contribution in [1.29, 1.82) is 0 Å². The Morgan fingerprint density at radius 3 is 2.80 bits per heavy atom. The van der Waals surface area contributed by atoms with Crippen LogP contribution in [0.2, 0.25) is 0 Å². The van der Waals surface area contributed by atoms with Crippen LogP contribution in [0.4, 0.5) is 11.4 Å². The van der Waals surface area contributed by atoms with Crippen LogP contribution in [0.25, 0.3) is 0 Å². The molecule has 4 heteroatoms. The molecule has 1 fully saturated rings. The third kappa shape index (κ3) is 1.80. The summed E-state index contributed by atoms with van der Waals surface area (Å²) in [5.74, 6) is -0.0321. The first-order valence-corrected chi connectivity index (χ1v) is 4.92. The Morgan fingerprint density at radius 1 is 1.53 bits per heavy atom. The van der Waals surface area contributed by atoms with Crippen LogP contribution in [-0.4, -0.2) is 23.7 Å². The summed E-state index contributed by atoms with van der Waals surface area (Å²) in [6.07, 6.45) is -0.335. The molecular formula is C11H14N2O2. The Kier molecular flexibility index (Phi) is 2.36. The molecule has 1 atom stereocenters. The summed E-state index contributed by atoms with van der Waals surface area (Å²) in [7, 11) is 0. The summed E-state index contributed by atoms with van der Waals surface area (Å²) in [5, 5.41) is 9.39. The Bertz CT molecular complexity index is 404. The number of aryl methyl sites for hydroxylation is 1. The number of hydrogen-bond acceptors (Lipinski definition) is 3. The second kappa shape index (κ2) is 3.55. The van der Waals surface area contributed by atoms with E-state index in [1.165, 1.54) is 0 Å². The first-order valence-electron chi connectivity index (χ1n) is 4.92. The Balaban J connectivity index is 2.34. The molecule has 1 unspecified atom stereocenters. The zero-order valence-corrected chi connectivity index (χ0v) is 8.60. The van der Waals surface area contributed by atoms with Crippen LogP contribution in [0.15, 0.2) is 18.2 Å². The third-order valence-corrected chi connectivity index (χ3v) is 2.62. The number of nitrogens with two attached hydrogens (primary N) is 1. The fourth-order valence-corrected chi connectivity index (χ4v) is 1.90. The molecule has 1 saturated heterocycles. The van der Waals surface area contributed by atoms with Gasteiger partial charge in [0.15, 0.2) is 0 Å². The highest BCUT2D eigenvalue weighted by atomic mass is 16.3. The number of anilines is 2. The van der Waals surface area contributed by atoms with Gasteiger partial charge in [0.05, 0.1) is 19.1 Å². The lowest BCUT2D eigenvalue weighted by molar-refractivity contribution is -0.117.